The van der Waals surface area contributed by atoms with Crippen LogP contribution in [0.5, 0.6) is 0 Å². The van der Waals surface area contributed by atoms with Crippen molar-refractivity contribution in [2.75, 3.05) is 29.6 Å². The first-order chi connectivity index (χ1) is 15.3. The van der Waals surface area contributed by atoms with Crippen molar-refractivity contribution in [3.05, 3.63) is 83.7 Å². The van der Waals surface area contributed by atoms with E-state index >= 15 is 0 Å². The lowest BCUT2D eigenvalue weighted by Crippen LogP contribution is -2.26. The number of aromatic nitrogens is 1. The van der Waals surface area contributed by atoms with Gasteiger partial charge in [0.2, 0.25) is 0 Å². The van der Waals surface area contributed by atoms with Crippen LogP contribution in [0.4, 0.5) is 21.9 Å². The van der Waals surface area contributed by atoms with E-state index in [1.165, 1.54) is 5.56 Å². The van der Waals surface area contributed by atoms with Gasteiger partial charge in [-0.3, -0.25) is 9.78 Å². The molecule has 1 heterocycles. The lowest BCUT2D eigenvalue weighted by atomic mass is 10.0. The molecule has 3 aromatic rings. The first-order valence-electron chi connectivity index (χ1n) is 10.5. The Balaban J connectivity index is 1.70. The third-order valence-electron chi connectivity index (χ3n) is 4.99. The fraction of sp³-hybridized carbons (Fsp3) is 0.240. The summed E-state index contributed by atoms with van der Waals surface area (Å²) in [4.78, 5) is 31.3. The van der Waals surface area contributed by atoms with Gasteiger partial charge in [-0.2, -0.15) is 0 Å². The molecule has 0 bridgehead atoms. The van der Waals surface area contributed by atoms with E-state index < -0.39 is 0 Å². The van der Waals surface area contributed by atoms with Gasteiger partial charge in [-0.15, -0.1) is 0 Å². The number of carbonyl (C=O) groups is 2. The molecule has 7 nitrogen and oxygen atoms in total. The molecule has 3 amide bonds. The van der Waals surface area contributed by atoms with Gasteiger partial charge < -0.3 is 20.9 Å². The van der Waals surface area contributed by atoms with Gasteiger partial charge in [0.25, 0.3) is 5.91 Å². The van der Waals surface area contributed by atoms with E-state index in [1.54, 1.807) is 24.5 Å². The molecular weight excluding hydrogens is 402 g/mol. The normalized spacial score (nSPS) is 10.5. The summed E-state index contributed by atoms with van der Waals surface area (Å²) in [5.74, 6) is 0.196. The van der Waals surface area contributed by atoms with Crippen LogP contribution in [0.1, 0.15) is 41.3 Å². The highest BCUT2D eigenvalue weighted by molar-refractivity contribution is 6.03. The number of urea groups is 1. The number of pyridine rings is 1. The summed E-state index contributed by atoms with van der Waals surface area (Å²) in [5, 5.41) is 8.54. The molecule has 1 aromatic heterocycles. The number of amides is 3. The standard InChI is InChI=1S/C25H29N5O2/c1-17(2)19-7-9-20(10-8-19)28-25(32)29-21-11-12-23(30(3)4)22(14-21)24(31)27-16-18-6-5-13-26-15-18/h5-15,17H,16H2,1-4H3,(H,27,31)(H2,28,29,32). The molecule has 3 N–H and O–H groups in total. The molecule has 0 saturated carbocycles. The van der Waals surface area contributed by atoms with Crippen molar-refractivity contribution in [3.8, 4) is 0 Å². The molecule has 0 aliphatic heterocycles. The Labute approximate surface area is 188 Å². The molecule has 0 saturated heterocycles. The maximum absolute atomic E-state index is 12.9. The molecule has 32 heavy (non-hydrogen) atoms. The van der Waals surface area contributed by atoms with E-state index in [-0.39, 0.29) is 11.9 Å². The predicted molar refractivity (Wildman–Crippen MR) is 129 cm³/mol. The number of hydrogen-bond donors (Lipinski definition) is 3. The minimum absolute atomic E-state index is 0.231. The zero-order valence-electron chi connectivity index (χ0n) is 18.8. The first kappa shape index (κ1) is 22.8. The smallest absolute Gasteiger partial charge is 0.323 e. The predicted octanol–water partition coefficient (Wildman–Crippen LogP) is 4.85. The molecule has 2 aromatic carbocycles. The van der Waals surface area contributed by atoms with Crippen LogP contribution in [0.15, 0.2) is 67.0 Å². The summed E-state index contributed by atoms with van der Waals surface area (Å²) in [7, 11) is 3.74. The molecule has 166 valence electrons. The lowest BCUT2D eigenvalue weighted by Gasteiger charge is -2.18. The van der Waals surface area contributed by atoms with E-state index in [4.69, 9.17) is 0 Å². The number of nitrogens with zero attached hydrogens (tertiary/aromatic N) is 2. The zero-order valence-corrected chi connectivity index (χ0v) is 18.8. The SMILES string of the molecule is CC(C)c1ccc(NC(=O)Nc2ccc(N(C)C)c(C(=O)NCc3cccnc3)c2)cc1. The summed E-state index contributed by atoms with van der Waals surface area (Å²) in [6.07, 6.45) is 3.40. The number of hydrogen-bond acceptors (Lipinski definition) is 4. The molecule has 0 aliphatic carbocycles. The monoisotopic (exact) mass is 431 g/mol. The maximum Gasteiger partial charge on any atom is 0.323 e. The minimum Gasteiger partial charge on any atom is -0.377 e. The fourth-order valence-electron chi connectivity index (χ4n) is 3.21. The second kappa shape index (κ2) is 10.4. The van der Waals surface area contributed by atoms with Gasteiger partial charge >= 0.3 is 6.03 Å². The van der Waals surface area contributed by atoms with Crippen LogP contribution in [0.3, 0.4) is 0 Å². The third-order valence-corrected chi connectivity index (χ3v) is 4.99. The van der Waals surface area contributed by atoms with Crippen molar-refractivity contribution >= 4 is 29.0 Å². The molecule has 0 unspecified atom stereocenters. The van der Waals surface area contributed by atoms with Crippen molar-refractivity contribution in [3.63, 3.8) is 0 Å². The summed E-state index contributed by atoms with van der Waals surface area (Å²) in [5.41, 5.74) is 4.56. The maximum atomic E-state index is 12.9. The summed E-state index contributed by atoms with van der Waals surface area (Å²) in [6.45, 7) is 4.61. The molecular formula is C25H29N5O2. The topological polar surface area (TPSA) is 86.4 Å². The first-order valence-corrected chi connectivity index (χ1v) is 10.5. The van der Waals surface area contributed by atoms with Gasteiger partial charge in [-0.1, -0.05) is 32.0 Å². The number of anilines is 3. The second-order valence-electron chi connectivity index (χ2n) is 8.03. The van der Waals surface area contributed by atoms with Crippen LogP contribution in [0.2, 0.25) is 0 Å². The minimum atomic E-state index is -0.374. The van der Waals surface area contributed by atoms with Gasteiger partial charge in [-0.05, 0) is 53.4 Å². The zero-order chi connectivity index (χ0) is 23.1. The number of nitrogens with one attached hydrogen (secondary N) is 3. The highest BCUT2D eigenvalue weighted by atomic mass is 16.2. The molecule has 3 rings (SSSR count). The van der Waals surface area contributed by atoms with Crippen LogP contribution in [0, 0.1) is 0 Å². The lowest BCUT2D eigenvalue weighted by molar-refractivity contribution is 0.0951. The van der Waals surface area contributed by atoms with Crippen LogP contribution in [-0.4, -0.2) is 31.0 Å². The van der Waals surface area contributed by atoms with Crippen molar-refractivity contribution < 1.29 is 9.59 Å². The summed E-state index contributed by atoms with van der Waals surface area (Å²) < 4.78 is 0. The van der Waals surface area contributed by atoms with Gasteiger partial charge in [0.1, 0.15) is 0 Å². The van der Waals surface area contributed by atoms with Crippen molar-refractivity contribution in [2.45, 2.75) is 26.3 Å². The van der Waals surface area contributed by atoms with Gasteiger partial charge in [-0.25, -0.2) is 4.79 Å². The molecule has 0 atom stereocenters. The molecule has 0 fully saturated rings. The van der Waals surface area contributed by atoms with E-state index in [2.05, 4.69) is 34.8 Å². The van der Waals surface area contributed by atoms with Crippen LogP contribution < -0.4 is 20.9 Å². The largest absolute Gasteiger partial charge is 0.377 e. The Morgan fingerprint density at radius 2 is 1.66 bits per heavy atom. The van der Waals surface area contributed by atoms with E-state index in [1.807, 2.05) is 61.5 Å². The third kappa shape index (κ3) is 6.07. The van der Waals surface area contributed by atoms with Crippen molar-refractivity contribution in [2.24, 2.45) is 0 Å². The number of benzene rings is 2. The van der Waals surface area contributed by atoms with Crippen molar-refractivity contribution in [1.82, 2.24) is 10.3 Å². The average Bonchev–Trinajstić information content (AvgIpc) is 2.78. The molecule has 0 radical (unpaired) electrons. The number of rotatable bonds is 7. The quantitative estimate of drug-likeness (QED) is 0.499. The van der Waals surface area contributed by atoms with Gasteiger partial charge in [0.15, 0.2) is 0 Å². The van der Waals surface area contributed by atoms with Gasteiger partial charge in [0, 0.05) is 50.1 Å². The van der Waals surface area contributed by atoms with E-state index in [9.17, 15) is 9.59 Å². The molecule has 0 aliphatic rings. The Morgan fingerprint density at radius 3 is 2.28 bits per heavy atom. The summed E-state index contributed by atoms with van der Waals surface area (Å²) >= 11 is 0. The molecule has 0 spiro atoms. The van der Waals surface area contributed by atoms with Crippen LogP contribution >= 0.6 is 0 Å². The highest BCUT2D eigenvalue weighted by Gasteiger charge is 2.15. The Bertz CT molecular complexity index is 1060. The Kier molecular flexibility index (Phi) is 7.44. The average molecular weight is 432 g/mol. The number of carbonyl (C=O) groups excluding carboxylic acids is 2. The van der Waals surface area contributed by atoms with E-state index in [0.29, 0.717) is 29.4 Å². The van der Waals surface area contributed by atoms with Gasteiger partial charge in [0.05, 0.1) is 5.56 Å². The van der Waals surface area contributed by atoms with Crippen LogP contribution in [-0.2, 0) is 6.54 Å². The van der Waals surface area contributed by atoms with Crippen LogP contribution in [0.25, 0.3) is 0 Å². The Morgan fingerprint density at radius 1 is 0.969 bits per heavy atom. The Hall–Kier alpha value is -3.87. The highest BCUT2D eigenvalue weighted by Crippen LogP contribution is 2.24. The second-order valence-corrected chi connectivity index (χ2v) is 8.03. The fourth-order valence-corrected chi connectivity index (χ4v) is 3.21. The summed E-state index contributed by atoms with van der Waals surface area (Å²) in [6, 6.07) is 16.4. The van der Waals surface area contributed by atoms with Crippen molar-refractivity contribution in [1.29, 1.82) is 0 Å². The van der Waals surface area contributed by atoms with E-state index in [0.717, 1.165) is 11.3 Å². The molecule has 7 heteroatoms.